The molecule has 104 valence electrons. The number of aryl methyl sites for hydroxylation is 1. The molecule has 0 amide bonds. The first-order valence-corrected chi connectivity index (χ1v) is 6.61. The molecule has 0 aliphatic carbocycles. The highest BCUT2D eigenvalue weighted by atomic mass is 16.4. The Kier molecular flexibility index (Phi) is 4.39. The molecule has 2 rings (SSSR count). The second kappa shape index (κ2) is 6.04. The van der Waals surface area contributed by atoms with Crippen LogP contribution in [0.5, 0.6) is 0 Å². The Morgan fingerprint density at radius 3 is 3.00 bits per heavy atom. The zero-order valence-corrected chi connectivity index (χ0v) is 11.5. The highest BCUT2D eigenvalue weighted by Gasteiger charge is 2.06. The first kappa shape index (κ1) is 13.8. The number of benzene rings is 1. The first-order valence-electron chi connectivity index (χ1n) is 6.61. The summed E-state index contributed by atoms with van der Waals surface area (Å²) in [7, 11) is 1.71. The molecule has 3 N–H and O–H groups in total. The van der Waals surface area contributed by atoms with Crippen LogP contribution in [0.3, 0.4) is 0 Å². The molecule has 0 fully saturated rings. The molecule has 0 radical (unpaired) electrons. The maximum absolute atomic E-state index is 11.4. The predicted octanol–water partition coefficient (Wildman–Crippen LogP) is 0.858. The Hall–Kier alpha value is -1.59. The van der Waals surface area contributed by atoms with E-state index in [2.05, 4.69) is 12.2 Å². The summed E-state index contributed by atoms with van der Waals surface area (Å²) >= 11 is 0. The zero-order valence-electron chi connectivity index (χ0n) is 11.5. The molecule has 1 atom stereocenters. The van der Waals surface area contributed by atoms with Gasteiger partial charge in [0.15, 0.2) is 5.58 Å². The lowest BCUT2D eigenvalue weighted by Gasteiger charge is -2.09. The van der Waals surface area contributed by atoms with Crippen LogP contribution in [0.4, 0.5) is 0 Å². The molecular formula is C14H21N3O2. The average molecular weight is 263 g/mol. The van der Waals surface area contributed by atoms with Crippen molar-refractivity contribution in [3.63, 3.8) is 0 Å². The zero-order chi connectivity index (χ0) is 13.8. The van der Waals surface area contributed by atoms with E-state index in [0.29, 0.717) is 18.0 Å². The normalized spacial score (nSPS) is 13.0. The number of nitrogens with two attached hydrogens (primary N) is 1. The minimum atomic E-state index is -0.318. The fraction of sp³-hybridized carbons (Fsp3) is 0.500. The molecule has 5 heteroatoms. The maximum Gasteiger partial charge on any atom is 0.419 e. The van der Waals surface area contributed by atoms with Crippen LogP contribution in [-0.4, -0.2) is 24.2 Å². The number of oxazole rings is 1. The van der Waals surface area contributed by atoms with E-state index in [1.165, 1.54) is 4.57 Å². The number of nitrogens with one attached hydrogen (secondary N) is 1. The Labute approximate surface area is 112 Å². The van der Waals surface area contributed by atoms with Gasteiger partial charge in [0.05, 0.1) is 5.52 Å². The highest BCUT2D eigenvalue weighted by molar-refractivity contribution is 5.73. The van der Waals surface area contributed by atoms with Crippen LogP contribution in [0.2, 0.25) is 0 Å². The van der Waals surface area contributed by atoms with Gasteiger partial charge >= 0.3 is 5.76 Å². The number of hydrogen-bond donors (Lipinski definition) is 2. The van der Waals surface area contributed by atoms with E-state index in [9.17, 15) is 4.79 Å². The first-order chi connectivity index (χ1) is 9.11. The predicted molar refractivity (Wildman–Crippen MR) is 76.2 cm³/mol. The van der Waals surface area contributed by atoms with Gasteiger partial charge in [-0.05, 0) is 49.7 Å². The summed E-state index contributed by atoms with van der Waals surface area (Å²) in [6.45, 7) is 4.65. The molecule has 1 unspecified atom stereocenters. The van der Waals surface area contributed by atoms with Crippen molar-refractivity contribution in [3.8, 4) is 0 Å². The average Bonchev–Trinajstić information content (AvgIpc) is 2.69. The molecule has 1 aromatic heterocycles. The lowest BCUT2D eigenvalue weighted by molar-refractivity contribution is 0.523. The lowest BCUT2D eigenvalue weighted by atomic mass is 10.1. The smallest absolute Gasteiger partial charge is 0.408 e. The van der Waals surface area contributed by atoms with Gasteiger partial charge in [0.2, 0.25) is 0 Å². The van der Waals surface area contributed by atoms with Crippen LogP contribution < -0.4 is 16.8 Å². The topological polar surface area (TPSA) is 73.2 Å². The van der Waals surface area contributed by atoms with Crippen molar-refractivity contribution < 1.29 is 4.42 Å². The molecule has 2 aromatic rings. The summed E-state index contributed by atoms with van der Waals surface area (Å²) in [4.78, 5) is 11.4. The number of fused-ring (bicyclic) bond motifs is 1. The number of hydrogen-bond acceptors (Lipinski definition) is 4. The summed E-state index contributed by atoms with van der Waals surface area (Å²) in [6, 6.07) is 5.90. The molecule has 0 aliphatic rings. The van der Waals surface area contributed by atoms with Gasteiger partial charge in [-0.25, -0.2) is 4.79 Å². The summed E-state index contributed by atoms with van der Waals surface area (Å²) in [5.41, 5.74) is 8.21. The van der Waals surface area contributed by atoms with Gasteiger partial charge in [0, 0.05) is 7.05 Å². The molecule has 0 saturated carbocycles. The van der Waals surface area contributed by atoms with Gasteiger partial charge in [-0.1, -0.05) is 13.0 Å². The van der Waals surface area contributed by atoms with Crippen molar-refractivity contribution in [3.05, 3.63) is 34.3 Å². The molecule has 0 spiro atoms. The van der Waals surface area contributed by atoms with E-state index in [0.717, 1.165) is 30.6 Å². The molecule has 0 aliphatic heterocycles. The third kappa shape index (κ3) is 3.24. The molecule has 1 heterocycles. The van der Waals surface area contributed by atoms with Crippen LogP contribution in [0.25, 0.3) is 11.1 Å². The van der Waals surface area contributed by atoms with Crippen molar-refractivity contribution >= 4 is 11.1 Å². The third-order valence-electron chi connectivity index (χ3n) is 3.34. The Morgan fingerprint density at radius 1 is 1.47 bits per heavy atom. The van der Waals surface area contributed by atoms with Crippen molar-refractivity contribution in [1.82, 2.24) is 9.88 Å². The fourth-order valence-electron chi connectivity index (χ4n) is 2.00. The van der Waals surface area contributed by atoms with Gasteiger partial charge in [0.25, 0.3) is 0 Å². The third-order valence-corrected chi connectivity index (χ3v) is 3.34. The van der Waals surface area contributed by atoms with E-state index >= 15 is 0 Å². The summed E-state index contributed by atoms with van der Waals surface area (Å²) in [6.07, 6.45) is 0.909. The fourth-order valence-corrected chi connectivity index (χ4v) is 2.00. The van der Waals surface area contributed by atoms with Gasteiger partial charge in [-0.2, -0.15) is 0 Å². The van der Waals surface area contributed by atoms with E-state index in [1.54, 1.807) is 7.05 Å². The van der Waals surface area contributed by atoms with Gasteiger partial charge < -0.3 is 15.5 Å². The molecular weight excluding hydrogens is 242 g/mol. The largest absolute Gasteiger partial charge is 0.419 e. The summed E-state index contributed by atoms with van der Waals surface area (Å²) in [5, 5.41) is 3.37. The number of rotatable bonds is 6. The van der Waals surface area contributed by atoms with Crippen LogP contribution in [0.1, 0.15) is 12.5 Å². The Balaban J connectivity index is 1.96. The number of aromatic nitrogens is 1. The van der Waals surface area contributed by atoms with E-state index in [-0.39, 0.29) is 5.76 Å². The van der Waals surface area contributed by atoms with E-state index < -0.39 is 0 Å². The molecule has 19 heavy (non-hydrogen) atoms. The Bertz CT molecular complexity index is 600. The lowest BCUT2D eigenvalue weighted by Crippen LogP contribution is -2.27. The Morgan fingerprint density at radius 2 is 2.26 bits per heavy atom. The van der Waals surface area contributed by atoms with Crippen LogP contribution >= 0.6 is 0 Å². The highest BCUT2D eigenvalue weighted by Crippen LogP contribution is 2.14. The van der Waals surface area contributed by atoms with Crippen molar-refractivity contribution in [2.75, 3.05) is 19.6 Å². The summed E-state index contributed by atoms with van der Waals surface area (Å²) < 4.78 is 6.69. The molecule has 0 bridgehead atoms. The SMILES string of the molecule is CC(CN)CNCCc1ccc2c(c1)oc(=O)n2C. The molecule has 0 saturated heterocycles. The molecule has 5 nitrogen and oxygen atoms in total. The van der Waals surface area contributed by atoms with Crippen LogP contribution in [-0.2, 0) is 13.5 Å². The standard InChI is InChI=1S/C14H21N3O2/c1-10(8-15)9-16-6-5-11-3-4-12-13(7-11)19-14(18)17(12)2/h3-4,7,10,16H,5-6,8-9,15H2,1-2H3. The second-order valence-corrected chi connectivity index (χ2v) is 5.02. The van der Waals surface area contributed by atoms with E-state index in [4.69, 9.17) is 10.2 Å². The minimum absolute atomic E-state index is 0.318. The summed E-state index contributed by atoms with van der Waals surface area (Å²) in [5.74, 6) is 0.177. The molecule has 1 aromatic carbocycles. The van der Waals surface area contributed by atoms with Crippen molar-refractivity contribution in [1.29, 1.82) is 0 Å². The van der Waals surface area contributed by atoms with E-state index in [1.807, 2.05) is 18.2 Å². The minimum Gasteiger partial charge on any atom is -0.408 e. The van der Waals surface area contributed by atoms with Gasteiger partial charge in [0.1, 0.15) is 0 Å². The van der Waals surface area contributed by atoms with Gasteiger partial charge in [-0.15, -0.1) is 0 Å². The van der Waals surface area contributed by atoms with Crippen LogP contribution in [0, 0.1) is 5.92 Å². The maximum atomic E-state index is 11.4. The second-order valence-electron chi connectivity index (χ2n) is 5.02. The van der Waals surface area contributed by atoms with Crippen molar-refractivity contribution in [2.24, 2.45) is 18.7 Å². The van der Waals surface area contributed by atoms with Crippen LogP contribution in [0.15, 0.2) is 27.4 Å². The van der Waals surface area contributed by atoms with Crippen molar-refractivity contribution in [2.45, 2.75) is 13.3 Å². The quantitative estimate of drug-likeness (QED) is 0.758. The van der Waals surface area contributed by atoms with Gasteiger partial charge in [-0.3, -0.25) is 4.57 Å². The monoisotopic (exact) mass is 263 g/mol. The number of nitrogens with zero attached hydrogens (tertiary/aromatic N) is 1.